The number of fused-ring (bicyclic) bond motifs is 3. The van der Waals surface area contributed by atoms with Crippen LogP contribution < -0.4 is 0 Å². The third kappa shape index (κ3) is 2.99. The second-order valence-electron chi connectivity index (χ2n) is 8.35. The van der Waals surface area contributed by atoms with Gasteiger partial charge in [-0.05, 0) is 89.7 Å². The van der Waals surface area contributed by atoms with Gasteiger partial charge in [0.15, 0.2) is 0 Å². The summed E-state index contributed by atoms with van der Waals surface area (Å²) in [4.78, 5) is 7.56. The van der Waals surface area contributed by atoms with Crippen molar-refractivity contribution in [2.24, 2.45) is 5.92 Å². The SMILES string of the molecule is CN1CC[C@]2(c3cccc(O)c3)Cc3nc4c(Br)cc(Br)cc4cc3C[C@H]2C1. The first-order chi connectivity index (χ1) is 13.4. The van der Waals surface area contributed by atoms with Gasteiger partial charge in [0.1, 0.15) is 5.75 Å². The Morgan fingerprint density at radius 2 is 2.04 bits per heavy atom. The zero-order chi connectivity index (χ0) is 19.5. The zero-order valence-corrected chi connectivity index (χ0v) is 18.9. The van der Waals surface area contributed by atoms with Crippen molar-refractivity contribution in [3.8, 4) is 5.75 Å². The molecule has 28 heavy (non-hydrogen) atoms. The summed E-state index contributed by atoms with van der Waals surface area (Å²) in [6, 6.07) is 14.4. The van der Waals surface area contributed by atoms with Gasteiger partial charge in [-0.2, -0.15) is 0 Å². The summed E-state index contributed by atoms with van der Waals surface area (Å²) in [5.74, 6) is 0.879. The lowest BCUT2D eigenvalue weighted by molar-refractivity contribution is 0.0987. The predicted molar refractivity (Wildman–Crippen MR) is 120 cm³/mol. The minimum absolute atomic E-state index is 0.0424. The lowest BCUT2D eigenvalue weighted by atomic mass is 9.58. The topological polar surface area (TPSA) is 36.4 Å². The lowest BCUT2D eigenvalue weighted by Crippen LogP contribution is -2.53. The normalized spacial score (nSPS) is 24.8. The number of phenolic OH excluding ortho intramolecular Hbond substituents is 1. The number of aromatic hydroxyl groups is 1. The van der Waals surface area contributed by atoms with E-state index in [4.69, 9.17) is 4.98 Å². The van der Waals surface area contributed by atoms with Gasteiger partial charge in [-0.1, -0.05) is 28.1 Å². The maximum absolute atomic E-state index is 10.1. The van der Waals surface area contributed by atoms with Crippen molar-refractivity contribution in [2.75, 3.05) is 20.1 Å². The van der Waals surface area contributed by atoms with Crippen LogP contribution in [0.3, 0.4) is 0 Å². The quantitative estimate of drug-likeness (QED) is 0.481. The molecule has 2 aromatic carbocycles. The summed E-state index contributed by atoms with van der Waals surface area (Å²) in [7, 11) is 2.22. The molecule has 0 saturated carbocycles. The monoisotopic (exact) mass is 500 g/mol. The highest BCUT2D eigenvalue weighted by molar-refractivity contribution is 9.11. The number of hydrogen-bond acceptors (Lipinski definition) is 3. The van der Waals surface area contributed by atoms with Gasteiger partial charge < -0.3 is 10.0 Å². The van der Waals surface area contributed by atoms with Crippen molar-refractivity contribution in [3.63, 3.8) is 0 Å². The minimum Gasteiger partial charge on any atom is -0.508 e. The molecule has 1 fully saturated rings. The molecule has 3 aromatic rings. The number of nitrogens with zero attached hydrogens (tertiary/aromatic N) is 2. The van der Waals surface area contributed by atoms with Gasteiger partial charge in [0, 0.05) is 38.4 Å². The maximum atomic E-state index is 10.1. The predicted octanol–water partition coefficient (Wildman–Crippen LogP) is 5.45. The molecule has 1 aliphatic heterocycles. The van der Waals surface area contributed by atoms with E-state index in [2.05, 4.69) is 68.1 Å². The van der Waals surface area contributed by atoms with E-state index >= 15 is 0 Å². The van der Waals surface area contributed by atoms with Crippen LogP contribution in [0.5, 0.6) is 5.75 Å². The van der Waals surface area contributed by atoms with Gasteiger partial charge in [0.25, 0.3) is 0 Å². The average Bonchev–Trinajstić information content (AvgIpc) is 2.65. The van der Waals surface area contributed by atoms with Gasteiger partial charge in [-0.15, -0.1) is 0 Å². The highest BCUT2D eigenvalue weighted by Crippen LogP contribution is 2.48. The molecule has 0 unspecified atom stereocenters. The Hall–Kier alpha value is -1.43. The summed E-state index contributed by atoms with van der Waals surface area (Å²) in [6.45, 7) is 2.15. The summed E-state index contributed by atoms with van der Waals surface area (Å²) in [5, 5.41) is 11.3. The second kappa shape index (κ2) is 6.82. The molecular weight excluding hydrogens is 480 g/mol. The van der Waals surface area contributed by atoms with E-state index in [0.29, 0.717) is 11.7 Å². The Kier molecular flexibility index (Phi) is 4.53. The van der Waals surface area contributed by atoms with Crippen LogP contribution in [0, 0.1) is 5.92 Å². The van der Waals surface area contributed by atoms with E-state index in [0.717, 1.165) is 46.8 Å². The van der Waals surface area contributed by atoms with Crippen LogP contribution in [-0.4, -0.2) is 35.1 Å². The smallest absolute Gasteiger partial charge is 0.115 e. The lowest BCUT2D eigenvalue weighted by Gasteiger charge is -2.50. The molecule has 0 spiro atoms. The maximum Gasteiger partial charge on any atom is 0.115 e. The highest BCUT2D eigenvalue weighted by Gasteiger charge is 2.47. The van der Waals surface area contributed by atoms with Gasteiger partial charge in [-0.3, -0.25) is 4.98 Å². The van der Waals surface area contributed by atoms with Crippen LogP contribution >= 0.6 is 31.9 Å². The third-order valence-corrected chi connectivity index (χ3v) is 7.69. The van der Waals surface area contributed by atoms with Crippen LogP contribution in [-0.2, 0) is 18.3 Å². The number of benzene rings is 2. The molecule has 2 heterocycles. The molecule has 0 amide bonds. The Labute approximate surface area is 182 Å². The fraction of sp³-hybridized carbons (Fsp3) is 0.348. The minimum atomic E-state index is 0.0424. The molecule has 3 nitrogen and oxygen atoms in total. The summed E-state index contributed by atoms with van der Waals surface area (Å²) < 4.78 is 2.09. The molecule has 1 saturated heterocycles. The van der Waals surface area contributed by atoms with Crippen molar-refractivity contribution in [3.05, 3.63) is 68.2 Å². The molecule has 0 bridgehead atoms. The number of hydrogen-bond donors (Lipinski definition) is 1. The molecule has 1 N–H and O–H groups in total. The van der Waals surface area contributed by atoms with Crippen molar-refractivity contribution in [2.45, 2.75) is 24.7 Å². The number of pyridine rings is 1. The van der Waals surface area contributed by atoms with Gasteiger partial charge in [0.2, 0.25) is 0 Å². The number of piperidine rings is 1. The van der Waals surface area contributed by atoms with E-state index < -0.39 is 0 Å². The second-order valence-corrected chi connectivity index (χ2v) is 10.1. The highest BCUT2D eigenvalue weighted by atomic mass is 79.9. The van der Waals surface area contributed by atoms with Crippen LogP contribution in [0.4, 0.5) is 0 Å². The van der Waals surface area contributed by atoms with E-state index in [-0.39, 0.29) is 5.41 Å². The van der Waals surface area contributed by atoms with Crippen molar-refractivity contribution >= 4 is 42.8 Å². The van der Waals surface area contributed by atoms with Crippen LogP contribution in [0.15, 0.2) is 51.4 Å². The molecule has 2 aliphatic rings. The number of likely N-dealkylation sites (tertiary alicyclic amines) is 1. The van der Waals surface area contributed by atoms with Gasteiger partial charge in [0.05, 0.1) is 5.52 Å². The van der Waals surface area contributed by atoms with Gasteiger partial charge in [-0.25, -0.2) is 0 Å². The van der Waals surface area contributed by atoms with Crippen molar-refractivity contribution < 1.29 is 5.11 Å². The first-order valence-corrected chi connectivity index (χ1v) is 11.3. The molecule has 1 aliphatic carbocycles. The molecule has 144 valence electrons. The first-order valence-electron chi connectivity index (χ1n) is 9.70. The third-order valence-electron chi connectivity index (χ3n) is 6.63. The molecule has 5 rings (SSSR count). The van der Waals surface area contributed by atoms with E-state index in [9.17, 15) is 5.11 Å². The average molecular weight is 502 g/mol. The number of halogens is 2. The molecular formula is C23H22Br2N2O. The summed E-state index contributed by atoms with van der Waals surface area (Å²) in [5.41, 5.74) is 4.90. The van der Waals surface area contributed by atoms with E-state index in [1.165, 1.54) is 22.2 Å². The van der Waals surface area contributed by atoms with Crippen LogP contribution in [0.2, 0.25) is 0 Å². The van der Waals surface area contributed by atoms with Gasteiger partial charge >= 0.3 is 0 Å². The molecule has 2 atom stereocenters. The fourth-order valence-corrected chi connectivity index (χ4v) is 6.56. The molecule has 5 heteroatoms. The Bertz CT molecular complexity index is 1080. The Morgan fingerprint density at radius 3 is 2.86 bits per heavy atom. The number of rotatable bonds is 1. The molecule has 1 aromatic heterocycles. The fourth-order valence-electron chi connectivity index (χ4n) is 5.21. The Morgan fingerprint density at radius 1 is 1.18 bits per heavy atom. The van der Waals surface area contributed by atoms with Crippen molar-refractivity contribution in [1.29, 1.82) is 0 Å². The van der Waals surface area contributed by atoms with E-state index in [1.54, 1.807) is 6.07 Å². The Balaban J connectivity index is 1.68. The largest absolute Gasteiger partial charge is 0.508 e. The zero-order valence-electron chi connectivity index (χ0n) is 15.8. The number of phenols is 1. The van der Waals surface area contributed by atoms with Crippen LogP contribution in [0.1, 0.15) is 23.2 Å². The number of aromatic nitrogens is 1. The summed E-state index contributed by atoms with van der Waals surface area (Å²) in [6.07, 6.45) is 3.06. The standard InChI is InChI=1S/C23H22Br2N2O/c1-27-6-5-23(16-3-2-4-19(28)10-16)12-21-14(8-17(23)13-27)7-15-9-18(24)11-20(25)22(15)26-21/h2-4,7,9-11,17,28H,5-6,8,12-13H2,1H3/t17-,23+/m0/s1. The van der Waals surface area contributed by atoms with Crippen LogP contribution in [0.25, 0.3) is 10.9 Å². The summed E-state index contributed by atoms with van der Waals surface area (Å²) >= 11 is 7.29. The molecule has 0 radical (unpaired) electrons. The van der Waals surface area contributed by atoms with E-state index in [1.807, 2.05) is 12.1 Å². The van der Waals surface area contributed by atoms with Crippen molar-refractivity contribution in [1.82, 2.24) is 9.88 Å². The first kappa shape index (κ1) is 18.6.